The van der Waals surface area contributed by atoms with E-state index in [1.165, 1.54) is 0 Å². The lowest BCUT2D eigenvalue weighted by Crippen LogP contribution is -2.17. The van der Waals surface area contributed by atoms with Gasteiger partial charge in [-0.15, -0.1) is 0 Å². The summed E-state index contributed by atoms with van der Waals surface area (Å²) < 4.78 is 2.06. The molecule has 1 atom stereocenters. The molecule has 0 amide bonds. The fraction of sp³-hybridized carbons (Fsp3) is 0.308. The summed E-state index contributed by atoms with van der Waals surface area (Å²) in [5.41, 5.74) is 7.14. The van der Waals surface area contributed by atoms with Gasteiger partial charge in [-0.1, -0.05) is 36.2 Å². The molecule has 2 N–H and O–H groups in total. The molecule has 3 nitrogen and oxygen atoms in total. The van der Waals surface area contributed by atoms with E-state index in [2.05, 4.69) is 16.5 Å². The number of rotatable bonds is 4. The molecule has 5 heteroatoms. The zero-order valence-corrected chi connectivity index (χ0v) is 11.6. The lowest BCUT2D eigenvalue weighted by molar-refractivity contribution is 0.613. The largest absolute Gasteiger partial charge is 0.333 e. The minimum absolute atomic E-state index is 0.290. The highest BCUT2D eigenvalue weighted by Gasteiger charge is 2.15. The molecule has 0 radical (unpaired) electrons. The third-order valence-electron chi connectivity index (χ3n) is 2.79. The van der Waals surface area contributed by atoms with E-state index < -0.39 is 0 Å². The van der Waals surface area contributed by atoms with Crippen molar-refractivity contribution in [2.24, 2.45) is 5.73 Å². The van der Waals surface area contributed by atoms with E-state index >= 15 is 0 Å². The van der Waals surface area contributed by atoms with Crippen LogP contribution < -0.4 is 5.73 Å². The Hall–Kier alpha value is -1.03. The Kier molecular flexibility index (Phi) is 4.27. The van der Waals surface area contributed by atoms with Crippen molar-refractivity contribution >= 4 is 23.2 Å². The van der Waals surface area contributed by atoms with Crippen molar-refractivity contribution in [3.05, 3.63) is 52.0 Å². The molecule has 0 saturated heterocycles. The average Bonchev–Trinajstić information content (AvgIpc) is 2.80. The summed E-state index contributed by atoms with van der Waals surface area (Å²) in [4.78, 5) is 4.33. The van der Waals surface area contributed by atoms with Crippen LogP contribution in [0.4, 0.5) is 0 Å². The molecule has 1 heterocycles. The van der Waals surface area contributed by atoms with Crippen molar-refractivity contribution < 1.29 is 0 Å². The van der Waals surface area contributed by atoms with Crippen LogP contribution in [0.15, 0.2) is 30.6 Å². The number of nitrogens with two attached hydrogens (primary N) is 1. The van der Waals surface area contributed by atoms with Crippen LogP contribution in [-0.2, 0) is 6.54 Å². The van der Waals surface area contributed by atoms with Gasteiger partial charge >= 0.3 is 0 Å². The second kappa shape index (κ2) is 5.74. The van der Waals surface area contributed by atoms with Gasteiger partial charge in [0, 0.05) is 18.9 Å². The standard InChI is InChI=1S/C13H15Cl2N3/c1-2-6-18-7-5-17-13(18)12(16)9-3-4-10(14)11(15)8-9/h3-5,7-8,12H,2,6,16H2,1H3. The average molecular weight is 284 g/mol. The summed E-state index contributed by atoms with van der Waals surface area (Å²) in [5, 5.41) is 1.04. The van der Waals surface area contributed by atoms with Gasteiger partial charge in [0.15, 0.2) is 0 Å². The van der Waals surface area contributed by atoms with E-state index in [0.29, 0.717) is 10.0 Å². The molecule has 1 unspecified atom stereocenters. The van der Waals surface area contributed by atoms with Gasteiger partial charge in [0.2, 0.25) is 0 Å². The monoisotopic (exact) mass is 283 g/mol. The second-order valence-electron chi connectivity index (χ2n) is 4.13. The molecule has 0 aliphatic carbocycles. The van der Waals surface area contributed by atoms with Gasteiger partial charge in [0.05, 0.1) is 16.1 Å². The van der Waals surface area contributed by atoms with E-state index in [-0.39, 0.29) is 6.04 Å². The van der Waals surface area contributed by atoms with Gasteiger partial charge in [-0.2, -0.15) is 0 Å². The van der Waals surface area contributed by atoms with Crippen LogP contribution in [0.1, 0.15) is 30.8 Å². The molecular formula is C13H15Cl2N3. The van der Waals surface area contributed by atoms with Gasteiger partial charge in [-0.05, 0) is 24.1 Å². The number of hydrogen-bond donors (Lipinski definition) is 1. The van der Waals surface area contributed by atoms with Crippen molar-refractivity contribution in [2.75, 3.05) is 0 Å². The topological polar surface area (TPSA) is 43.8 Å². The summed E-state index contributed by atoms with van der Waals surface area (Å²) in [6.45, 7) is 3.03. The lowest BCUT2D eigenvalue weighted by atomic mass is 10.1. The van der Waals surface area contributed by atoms with Gasteiger partial charge in [0.1, 0.15) is 5.82 Å². The molecule has 1 aromatic heterocycles. The Labute approximate surface area is 117 Å². The van der Waals surface area contributed by atoms with E-state index in [0.717, 1.165) is 24.4 Å². The van der Waals surface area contributed by atoms with Crippen molar-refractivity contribution in [3.63, 3.8) is 0 Å². The van der Waals surface area contributed by atoms with Crippen LogP contribution in [0.5, 0.6) is 0 Å². The highest BCUT2D eigenvalue weighted by molar-refractivity contribution is 6.42. The van der Waals surface area contributed by atoms with E-state index in [1.807, 2.05) is 12.3 Å². The number of halogens is 2. The molecular weight excluding hydrogens is 269 g/mol. The van der Waals surface area contributed by atoms with E-state index in [4.69, 9.17) is 28.9 Å². The quantitative estimate of drug-likeness (QED) is 0.931. The van der Waals surface area contributed by atoms with Crippen LogP contribution in [0.2, 0.25) is 10.0 Å². The molecule has 96 valence electrons. The van der Waals surface area contributed by atoms with Crippen molar-refractivity contribution in [1.29, 1.82) is 0 Å². The van der Waals surface area contributed by atoms with Crippen LogP contribution in [0.3, 0.4) is 0 Å². The fourth-order valence-corrected chi connectivity index (χ4v) is 2.19. The summed E-state index contributed by atoms with van der Waals surface area (Å²) in [5.74, 6) is 0.843. The first-order valence-corrected chi connectivity index (χ1v) is 6.60. The molecule has 0 saturated carbocycles. The highest BCUT2D eigenvalue weighted by Crippen LogP contribution is 2.27. The zero-order valence-electron chi connectivity index (χ0n) is 10.1. The molecule has 0 fully saturated rings. The van der Waals surface area contributed by atoms with Crippen molar-refractivity contribution in [2.45, 2.75) is 25.9 Å². The predicted molar refractivity (Wildman–Crippen MR) is 75.0 cm³/mol. The predicted octanol–water partition coefficient (Wildman–Crippen LogP) is 3.65. The summed E-state index contributed by atoms with van der Waals surface area (Å²) >= 11 is 11.9. The van der Waals surface area contributed by atoms with Crippen molar-refractivity contribution in [1.82, 2.24) is 9.55 Å². The number of imidazole rings is 1. The number of aryl methyl sites for hydroxylation is 1. The summed E-state index contributed by atoms with van der Waals surface area (Å²) in [6, 6.07) is 5.14. The maximum absolute atomic E-state index is 6.23. The Bertz CT molecular complexity index is 537. The van der Waals surface area contributed by atoms with Crippen LogP contribution in [0, 0.1) is 0 Å². The first kappa shape index (κ1) is 13.4. The summed E-state index contributed by atoms with van der Waals surface area (Å²) in [7, 11) is 0. The number of hydrogen-bond acceptors (Lipinski definition) is 2. The number of benzene rings is 1. The van der Waals surface area contributed by atoms with Gasteiger partial charge in [-0.25, -0.2) is 4.98 Å². The van der Waals surface area contributed by atoms with E-state index in [1.54, 1.807) is 18.3 Å². The minimum atomic E-state index is -0.290. The lowest BCUT2D eigenvalue weighted by Gasteiger charge is -2.14. The van der Waals surface area contributed by atoms with Gasteiger partial charge in [0.25, 0.3) is 0 Å². The molecule has 1 aromatic carbocycles. The first-order chi connectivity index (χ1) is 8.63. The molecule has 0 spiro atoms. The molecule has 0 aliphatic heterocycles. The molecule has 18 heavy (non-hydrogen) atoms. The molecule has 2 rings (SSSR count). The first-order valence-electron chi connectivity index (χ1n) is 5.85. The van der Waals surface area contributed by atoms with Crippen LogP contribution >= 0.6 is 23.2 Å². The Morgan fingerprint density at radius 1 is 1.33 bits per heavy atom. The third kappa shape index (κ3) is 2.69. The van der Waals surface area contributed by atoms with Gasteiger partial charge in [-0.3, -0.25) is 0 Å². The fourth-order valence-electron chi connectivity index (χ4n) is 1.88. The number of aromatic nitrogens is 2. The maximum atomic E-state index is 6.23. The normalized spacial score (nSPS) is 12.7. The summed E-state index contributed by atoms with van der Waals surface area (Å²) in [6.07, 6.45) is 4.75. The van der Waals surface area contributed by atoms with E-state index in [9.17, 15) is 0 Å². The third-order valence-corrected chi connectivity index (χ3v) is 3.53. The smallest absolute Gasteiger partial charge is 0.130 e. The second-order valence-corrected chi connectivity index (χ2v) is 4.94. The molecule has 0 aliphatic rings. The SMILES string of the molecule is CCCn1ccnc1C(N)c1ccc(Cl)c(Cl)c1. The maximum Gasteiger partial charge on any atom is 0.130 e. The van der Waals surface area contributed by atoms with Crippen LogP contribution in [-0.4, -0.2) is 9.55 Å². The van der Waals surface area contributed by atoms with Crippen molar-refractivity contribution in [3.8, 4) is 0 Å². The molecule has 2 aromatic rings. The minimum Gasteiger partial charge on any atom is -0.333 e. The number of nitrogens with zero attached hydrogens (tertiary/aromatic N) is 2. The highest BCUT2D eigenvalue weighted by atomic mass is 35.5. The Morgan fingerprint density at radius 3 is 2.78 bits per heavy atom. The Morgan fingerprint density at radius 2 is 2.11 bits per heavy atom. The zero-order chi connectivity index (χ0) is 13.1. The Balaban J connectivity index is 2.32. The molecule has 0 bridgehead atoms. The van der Waals surface area contributed by atoms with Crippen LogP contribution in [0.25, 0.3) is 0 Å². The van der Waals surface area contributed by atoms with Gasteiger partial charge < -0.3 is 10.3 Å².